The molecule has 1 heterocycles. The van der Waals surface area contributed by atoms with Gasteiger partial charge in [0, 0.05) is 23.5 Å². The Balaban J connectivity index is 1.97. The molecular formula is C28H26F3N3O3. The Morgan fingerprint density at radius 3 is 2.46 bits per heavy atom. The summed E-state index contributed by atoms with van der Waals surface area (Å²) < 4.78 is 45.7. The molecule has 0 aliphatic carbocycles. The summed E-state index contributed by atoms with van der Waals surface area (Å²) in [6.45, 7) is 3.18. The maximum atomic E-state index is 13.5. The number of ether oxygens (including phenoxy) is 1. The van der Waals surface area contributed by atoms with Crippen molar-refractivity contribution in [1.29, 1.82) is 5.26 Å². The van der Waals surface area contributed by atoms with Gasteiger partial charge in [-0.15, -0.1) is 0 Å². The minimum absolute atomic E-state index is 0.00726. The summed E-state index contributed by atoms with van der Waals surface area (Å²) in [4.78, 5) is 26.4. The monoisotopic (exact) mass is 509 g/mol. The van der Waals surface area contributed by atoms with Crippen LogP contribution in [-0.4, -0.2) is 25.0 Å². The Labute approximate surface area is 213 Å². The number of esters is 1. The lowest BCUT2D eigenvalue weighted by atomic mass is 9.79. The molecule has 1 unspecified atom stereocenters. The molecule has 37 heavy (non-hydrogen) atoms. The van der Waals surface area contributed by atoms with E-state index in [1.54, 1.807) is 19.9 Å². The quantitative estimate of drug-likeness (QED) is 0.376. The molecule has 0 aromatic heterocycles. The van der Waals surface area contributed by atoms with Crippen molar-refractivity contribution in [2.75, 3.05) is 13.2 Å². The van der Waals surface area contributed by atoms with Crippen LogP contribution in [0, 0.1) is 11.3 Å². The largest absolute Gasteiger partial charge is 0.461 e. The molecule has 2 N–H and O–H groups in total. The van der Waals surface area contributed by atoms with Crippen LogP contribution in [0.15, 0.2) is 83.2 Å². The number of amides is 1. The molecule has 0 fully saturated rings. The highest BCUT2D eigenvalue weighted by atomic mass is 19.4. The maximum absolute atomic E-state index is 13.5. The summed E-state index contributed by atoms with van der Waals surface area (Å²) in [5.41, 5.74) is 1.02. The highest BCUT2D eigenvalue weighted by Gasteiger charge is 2.38. The fourth-order valence-corrected chi connectivity index (χ4v) is 4.07. The molecule has 1 aliphatic heterocycles. The summed E-state index contributed by atoms with van der Waals surface area (Å²) in [7, 11) is 0. The van der Waals surface area contributed by atoms with Gasteiger partial charge in [0.05, 0.1) is 29.5 Å². The number of nitrogens with one attached hydrogen (secondary N) is 2. The number of nitrogens with zero attached hydrogens (tertiary/aromatic N) is 1. The Morgan fingerprint density at radius 1 is 1.08 bits per heavy atom. The number of rotatable bonds is 8. The molecule has 9 heteroatoms. The van der Waals surface area contributed by atoms with Crippen LogP contribution in [0.2, 0.25) is 0 Å². The Bertz CT molecular complexity index is 1290. The van der Waals surface area contributed by atoms with Crippen LogP contribution in [-0.2, 0) is 20.5 Å². The van der Waals surface area contributed by atoms with Gasteiger partial charge in [-0.25, -0.2) is 4.79 Å². The minimum Gasteiger partial charge on any atom is -0.461 e. The van der Waals surface area contributed by atoms with Crippen molar-refractivity contribution in [3.8, 4) is 6.07 Å². The van der Waals surface area contributed by atoms with Gasteiger partial charge in [-0.1, -0.05) is 60.7 Å². The van der Waals surface area contributed by atoms with Crippen molar-refractivity contribution < 1.29 is 27.5 Å². The molecular weight excluding hydrogens is 483 g/mol. The molecule has 3 rings (SSSR count). The van der Waals surface area contributed by atoms with E-state index in [2.05, 4.69) is 10.6 Å². The second kappa shape index (κ2) is 12.1. The van der Waals surface area contributed by atoms with Crippen LogP contribution >= 0.6 is 0 Å². The lowest BCUT2D eigenvalue weighted by molar-refractivity contribution is -0.139. The van der Waals surface area contributed by atoms with Gasteiger partial charge in [0.25, 0.3) is 0 Å². The van der Waals surface area contributed by atoms with Crippen molar-refractivity contribution in [1.82, 2.24) is 10.6 Å². The molecule has 0 radical (unpaired) electrons. The van der Waals surface area contributed by atoms with Crippen LogP contribution in [0.5, 0.6) is 0 Å². The van der Waals surface area contributed by atoms with Crippen molar-refractivity contribution in [3.05, 3.63) is 99.9 Å². The van der Waals surface area contributed by atoms with E-state index in [-0.39, 0.29) is 36.3 Å². The summed E-state index contributed by atoms with van der Waals surface area (Å²) in [5.74, 6) is -2.47. The third kappa shape index (κ3) is 6.88. The molecule has 2 aromatic carbocycles. The zero-order valence-corrected chi connectivity index (χ0v) is 20.4. The van der Waals surface area contributed by atoms with E-state index in [0.717, 1.165) is 17.7 Å². The fraction of sp³-hybridized carbons (Fsp3) is 0.250. The van der Waals surface area contributed by atoms with E-state index in [9.17, 15) is 22.8 Å². The number of hydrogen-bond donors (Lipinski definition) is 2. The van der Waals surface area contributed by atoms with Gasteiger partial charge in [0.2, 0.25) is 5.91 Å². The number of hydrogen-bond acceptors (Lipinski definition) is 5. The number of dihydropyridines is 1. The standard InChI is InChI=1S/C28H26F3N3O3/c1-18-23(26(35)33-15-7-11-20-9-4-3-5-10-20)25(21-12-6-13-22(17-21)28(29,30)31)24(19(2)34-18)27(36)37-16-8-14-32/h3-7,9-13,17,25,34H,8,15-16H2,1-2H3,(H,33,35)/b11-7+. The zero-order chi connectivity index (χ0) is 27.0. The van der Waals surface area contributed by atoms with Gasteiger partial charge in [0.1, 0.15) is 6.61 Å². The number of allylic oxidation sites excluding steroid dienone is 2. The second-order valence-electron chi connectivity index (χ2n) is 8.33. The van der Waals surface area contributed by atoms with Gasteiger partial charge >= 0.3 is 12.1 Å². The molecule has 0 saturated heterocycles. The number of carbonyl (C=O) groups is 2. The fourth-order valence-electron chi connectivity index (χ4n) is 4.07. The Morgan fingerprint density at radius 2 is 1.78 bits per heavy atom. The molecule has 1 atom stereocenters. The van der Waals surface area contributed by atoms with Crippen LogP contribution in [0.4, 0.5) is 13.2 Å². The zero-order valence-electron chi connectivity index (χ0n) is 20.4. The number of carbonyl (C=O) groups excluding carboxylic acids is 2. The van der Waals surface area contributed by atoms with Gasteiger partial charge in [-0.05, 0) is 31.0 Å². The van der Waals surface area contributed by atoms with E-state index in [1.165, 1.54) is 12.1 Å². The average Bonchev–Trinajstić information content (AvgIpc) is 2.86. The first-order chi connectivity index (χ1) is 17.6. The molecule has 0 bridgehead atoms. The second-order valence-corrected chi connectivity index (χ2v) is 8.33. The number of nitriles is 1. The average molecular weight is 510 g/mol. The van der Waals surface area contributed by atoms with E-state index in [0.29, 0.717) is 11.4 Å². The number of benzene rings is 2. The summed E-state index contributed by atoms with van der Waals surface area (Å²) in [6.07, 6.45) is -1.09. The summed E-state index contributed by atoms with van der Waals surface area (Å²) in [5, 5.41) is 14.5. The molecule has 1 amide bonds. The van der Waals surface area contributed by atoms with Crippen molar-refractivity contribution in [2.24, 2.45) is 0 Å². The predicted molar refractivity (Wildman–Crippen MR) is 132 cm³/mol. The topological polar surface area (TPSA) is 91.2 Å². The third-order valence-electron chi connectivity index (χ3n) is 5.71. The van der Waals surface area contributed by atoms with Gasteiger partial charge in [-0.2, -0.15) is 18.4 Å². The van der Waals surface area contributed by atoms with Crippen LogP contribution in [0.25, 0.3) is 6.08 Å². The molecule has 6 nitrogen and oxygen atoms in total. The SMILES string of the molecule is CC1=C(C(=O)NC/C=C/c2ccccc2)C(c2cccc(C(F)(F)F)c2)C(C(=O)OCCC#N)=C(C)N1. The van der Waals surface area contributed by atoms with Crippen LogP contribution in [0.1, 0.15) is 42.9 Å². The number of halogens is 3. The molecule has 1 aliphatic rings. The maximum Gasteiger partial charge on any atom is 0.416 e. The summed E-state index contributed by atoms with van der Waals surface area (Å²) >= 11 is 0. The van der Waals surface area contributed by atoms with Crippen molar-refractivity contribution >= 4 is 18.0 Å². The van der Waals surface area contributed by atoms with E-state index in [4.69, 9.17) is 10.00 Å². The number of alkyl halides is 3. The predicted octanol–water partition coefficient (Wildman–Crippen LogP) is 5.23. The molecule has 192 valence electrons. The van der Waals surface area contributed by atoms with Gasteiger partial charge in [-0.3, -0.25) is 4.79 Å². The first-order valence-corrected chi connectivity index (χ1v) is 11.5. The molecule has 2 aromatic rings. The van der Waals surface area contributed by atoms with E-state index in [1.807, 2.05) is 42.5 Å². The lowest BCUT2D eigenvalue weighted by Gasteiger charge is -2.31. The molecule has 0 spiro atoms. The minimum atomic E-state index is -4.61. The summed E-state index contributed by atoms with van der Waals surface area (Å²) in [6, 6.07) is 15.9. The third-order valence-corrected chi connectivity index (χ3v) is 5.71. The highest BCUT2D eigenvalue weighted by molar-refractivity contribution is 6.02. The van der Waals surface area contributed by atoms with Gasteiger partial charge in [0.15, 0.2) is 0 Å². The Hall–Kier alpha value is -4.32. The highest BCUT2D eigenvalue weighted by Crippen LogP contribution is 2.40. The van der Waals surface area contributed by atoms with Crippen molar-refractivity contribution in [3.63, 3.8) is 0 Å². The first-order valence-electron chi connectivity index (χ1n) is 11.5. The van der Waals surface area contributed by atoms with Gasteiger partial charge < -0.3 is 15.4 Å². The van der Waals surface area contributed by atoms with E-state index >= 15 is 0 Å². The van der Waals surface area contributed by atoms with Crippen LogP contribution < -0.4 is 10.6 Å². The van der Waals surface area contributed by atoms with Crippen LogP contribution in [0.3, 0.4) is 0 Å². The van der Waals surface area contributed by atoms with E-state index < -0.39 is 29.5 Å². The normalized spacial score (nSPS) is 15.8. The first kappa shape index (κ1) is 27.3. The Kier molecular flexibility index (Phi) is 8.90. The van der Waals surface area contributed by atoms with Crippen molar-refractivity contribution in [2.45, 2.75) is 32.4 Å². The lowest BCUT2D eigenvalue weighted by Crippen LogP contribution is -2.36. The smallest absolute Gasteiger partial charge is 0.416 e. The molecule has 0 saturated carbocycles.